The predicted octanol–water partition coefficient (Wildman–Crippen LogP) is 2.24. The zero-order valence-electron chi connectivity index (χ0n) is 11.7. The normalized spacial score (nSPS) is 17.9. The number of hydrogen-bond acceptors (Lipinski definition) is 4. The molecular weight excluding hydrogens is 254 g/mol. The van der Waals surface area contributed by atoms with Crippen molar-refractivity contribution < 1.29 is 9.57 Å². The molecular formula is C15H19N3O2. The molecule has 0 aromatic heterocycles. The second-order valence-electron chi connectivity index (χ2n) is 5.08. The Kier molecular flexibility index (Phi) is 3.58. The Balaban J connectivity index is 1.88. The van der Waals surface area contributed by atoms with Crippen LogP contribution in [0.4, 0.5) is 0 Å². The van der Waals surface area contributed by atoms with Crippen LogP contribution in [0.15, 0.2) is 23.4 Å². The van der Waals surface area contributed by atoms with E-state index in [-0.39, 0.29) is 0 Å². The summed E-state index contributed by atoms with van der Waals surface area (Å²) in [6.07, 6.45) is 3.15. The van der Waals surface area contributed by atoms with Crippen molar-refractivity contribution in [3.05, 3.63) is 29.3 Å². The summed E-state index contributed by atoms with van der Waals surface area (Å²) >= 11 is 0. The van der Waals surface area contributed by atoms with E-state index >= 15 is 0 Å². The van der Waals surface area contributed by atoms with Crippen LogP contribution in [-0.2, 0) is 4.84 Å². The Hall–Kier alpha value is -2.04. The van der Waals surface area contributed by atoms with Crippen LogP contribution in [-0.4, -0.2) is 43.3 Å². The second kappa shape index (κ2) is 5.53. The van der Waals surface area contributed by atoms with Crippen LogP contribution in [0.5, 0.6) is 5.75 Å². The molecule has 2 aliphatic heterocycles. The third kappa shape index (κ3) is 2.35. The topological polar surface area (TPSA) is 57.9 Å². The van der Waals surface area contributed by atoms with Crippen LogP contribution >= 0.6 is 0 Å². The van der Waals surface area contributed by atoms with E-state index in [2.05, 4.69) is 10.1 Å². The van der Waals surface area contributed by atoms with Gasteiger partial charge in [-0.25, -0.2) is 0 Å². The fourth-order valence-electron chi connectivity index (χ4n) is 2.70. The molecule has 0 bridgehead atoms. The SMILES string of the molecule is COc1cc(C(=N)N2CCCC2)ccc1C1=NOCC1. The minimum atomic E-state index is 0.581. The summed E-state index contributed by atoms with van der Waals surface area (Å²) in [4.78, 5) is 7.17. The quantitative estimate of drug-likeness (QED) is 0.678. The van der Waals surface area contributed by atoms with E-state index in [1.54, 1.807) is 7.11 Å². The number of amidine groups is 1. The molecule has 0 atom stereocenters. The minimum Gasteiger partial charge on any atom is -0.496 e. The summed E-state index contributed by atoms with van der Waals surface area (Å²) < 4.78 is 5.46. The first-order valence-electron chi connectivity index (χ1n) is 7.00. The van der Waals surface area contributed by atoms with Gasteiger partial charge in [-0.2, -0.15) is 0 Å². The van der Waals surface area contributed by atoms with Crippen LogP contribution in [0.3, 0.4) is 0 Å². The van der Waals surface area contributed by atoms with Crippen molar-refractivity contribution in [2.24, 2.45) is 5.16 Å². The van der Waals surface area contributed by atoms with Crippen molar-refractivity contribution in [2.45, 2.75) is 19.3 Å². The molecule has 5 nitrogen and oxygen atoms in total. The number of rotatable bonds is 3. The lowest BCUT2D eigenvalue weighted by Gasteiger charge is -2.19. The van der Waals surface area contributed by atoms with E-state index in [4.69, 9.17) is 15.0 Å². The predicted molar refractivity (Wildman–Crippen MR) is 77.7 cm³/mol. The molecule has 1 aromatic rings. The fraction of sp³-hybridized carbons (Fsp3) is 0.467. The summed E-state index contributed by atoms with van der Waals surface area (Å²) in [5, 5.41) is 12.3. The molecule has 1 N–H and O–H groups in total. The van der Waals surface area contributed by atoms with Gasteiger partial charge in [0.2, 0.25) is 0 Å². The zero-order valence-corrected chi connectivity index (χ0v) is 11.7. The molecule has 20 heavy (non-hydrogen) atoms. The highest BCUT2D eigenvalue weighted by molar-refractivity contribution is 6.05. The number of methoxy groups -OCH3 is 1. The lowest BCUT2D eigenvalue weighted by Crippen LogP contribution is -2.27. The third-order valence-corrected chi connectivity index (χ3v) is 3.81. The average molecular weight is 273 g/mol. The van der Waals surface area contributed by atoms with E-state index in [9.17, 15) is 0 Å². The van der Waals surface area contributed by atoms with Gasteiger partial charge in [0, 0.05) is 30.6 Å². The highest BCUT2D eigenvalue weighted by Crippen LogP contribution is 2.25. The van der Waals surface area contributed by atoms with Crippen LogP contribution in [0.1, 0.15) is 30.4 Å². The number of hydrogen-bond donors (Lipinski definition) is 1. The molecule has 1 aromatic carbocycles. The van der Waals surface area contributed by atoms with Gasteiger partial charge in [-0.15, -0.1) is 0 Å². The highest BCUT2D eigenvalue weighted by atomic mass is 16.6. The first-order valence-corrected chi connectivity index (χ1v) is 7.00. The van der Waals surface area contributed by atoms with E-state index in [0.29, 0.717) is 12.4 Å². The van der Waals surface area contributed by atoms with Crippen molar-refractivity contribution >= 4 is 11.5 Å². The maximum Gasteiger partial charge on any atom is 0.128 e. The van der Waals surface area contributed by atoms with E-state index < -0.39 is 0 Å². The van der Waals surface area contributed by atoms with Gasteiger partial charge in [-0.05, 0) is 25.0 Å². The Morgan fingerprint density at radius 2 is 2.15 bits per heavy atom. The third-order valence-electron chi connectivity index (χ3n) is 3.81. The average Bonchev–Trinajstić information content (AvgIpc) is 3.18. The molecule has 0 radical (unpaired) electrons. The van der Waals surface area contributed by atoms with Gasteiger partial charge < -0.3 is 14.5 Å². The van der Waals surface area contributed by atoms with E-state index in [0.717, 1.165) is 42.1 Å². The molecule has 2 aliphatic rings. The molecule has 3 rings (SSSR count). The van der Waals surface area contributed by atoms with Gasteiger partial charge in [-0.1, -0.05) is 11.2 Å². The summed E-state index contributed by atoms with van der Waals surface area (Å²) in [6, 6.07) is 5.88. The van der Waals surface area contributed by atoms with Crippen LogP contribution < -0.4 is 4.74 Å². The number of benzene rings is 1. The Bertz CT molecular complexity index is 548. The number of oxime groups is 1. The van der Waals surface area contributed by atoms with Crippen molar-refractivity contribution in [3.63, 3.8) is 0 Å². The van der Waals surface area contributed by atoms with Crippen LogP contribution in [0.25, 0.3) is 0 Å². The molecule has 0 unspecified atom stereocenters. The number of ether oxygens (including phenoxy) is 1. The van der Waals surface area contributed by atoms with Crippen molar-refractivity contribution in [1.82, 2.24) is 4.90 Å². The minimum absolute atomic E-state index is 0.581. The molecule has 0 saturated carbocycles. The molecule has 2 heterocycles. The fourth-order valence-corrected chi connectivity index (χ4v) is 2.70. The van der Waals surface area contributed by atoms with Gasteiger partial charge in [0.1, 0.15) is 18.2 Å². The van der Waals surface area contributed by atoms with Crippen molar-refractivity contribution in [2.75, 3.05) is 26.8 Å². The van der Waals surface area contributed by atoms with Crippen LogP contribution in [0, 0.1) is 5.41 Å². The smallest absolute Gasteiger partial charge is 0.128 e. The van der Waals surface area contributed by atoms with Gasteiger partial charge in [0.15, 0.2) is 0 Å². The summed E-state index contributed by atoms with van der Waals surface area (Å²) in [5.74, 6) is 1.34. The standard InChI is InChI=1S/C15H19N3O2/c1-19-14-10-11(15(16)18-7-2-3-8-18)4-5-12(14)13-6-9-20-17-13/h4-5,10,16H,2-3,6-9H2,1H3. The molecule has 106 valence electrons. The zero-order chi connectivity index (χ0) is 13.9. The first-order chi connectivity index (χ1) is 9.79. The number of nitrogens with one attached hydrogen (secondary N) is 1. The summed E-state index contributed by atoms with van der Waals surface area (Å²) in [6.45, 7) is 2.58. The Morgan fingerprint density at radius 3 is 2.80 bits per heavy atom. The maximum absolute atomic E-state index is 8.29. The van der Waals surface area contributed by atoms with Crippen molar-refractivity contribution in [3.8, 4) is 5.75 Å². The monoisotopic (exact) mass is 273 g/mol. The van der Waals surface area contributed by atoms with Crippen molar-refractivity contribution in [1.29, 1.82) is 5.41 Å². The summed E-state index contributed by atoms with van der Waals surface area (Å²) in [7, 11) is 1.65. The highest BCUT2D eigenvalue weighted by Gasteiger charge is 2.20. The lowest BCUT2D eigenvalue weighted by atomic mass is 10.0. The van der Waals surface area contributed by atoms with Gasteiger partial charge >= 0.3 is 0 Å². The largest absolute Gasteiger partial charge is 0.496 e. The van der Waals surface area contributed by atoms with E-state index in [1.165, 1.54) is 12.8 Å². The van der Waals surface area contributed by atoms with Gasteiger partial charge in [0.25, 0.3) is 0 Å². The molecule has 5 heteroatoms. The molecule has 0 amide bonds. The second-order valence-corrected chi connectivity index (χ2v) is 5.08. The van der Waals surface area contributed by atoms with E-state index in [1.807, 2.05) is 18.2 Å². The van der Waals surface area contributed by atoms with Gasteiger partial charge in [0.05, 0.1) is 12.8 Å². The Labute approximate surface area is 118 Å². The molecule has 0 spiro atoms. The molecule has 0 aliphatic carbocycles. The molecule has 1 saturated heterocycles. The van der Waals surface area contributed by atoms with Crippen LogP contribution in [0.2, 0.25) is 0 Å². The lowest BCUT2D eigenvalue weighted by molar-refractivity contribution is 0.174. The number of nitrogens with zero attached hydrogens (tertiary/aromatic N) is 2. The summed E-state index contributed by atoms with van der Waals surface area (Å²) in [5.41, 5.74) is 2.77. The van der Waals surface area contributed by atoms with Gasteiger partial charge in [-0.3, -0.25) is 5.41 Å². The molecule has 1 fully saturated rings. The first kappa shape index (κ1) is 13.0. The maximum atomic E-state index is 8.29. The Morgan fingerprint density at radius 1 is 1.35 bits per heavy atom. The number of likely N-dealkylation sites (tertiary alicyclic amines) is 1.